The predicted octanol–water partition coefficient (Wildman–Crippen LogP) is 5.81. The van der Waals surface area contributed by atoms with Crippen LogP contribution in [0.5, 0.6) is 0 Å². The molecule has 0 unspecified atom stereocenters. The first kappa shape index (κ1) is 17.2. The SMILES string of the molecule is Cc1ccc(C(=O)C=Cc2cn(-c3ccccc3)nc2-c2cccs2)cc1. The summed E-state index contributed by atoms with van der Waals surface area (Å²) in [6.07, 6.45) is 5.43. The number of hydrogen-bond acceptors (Lipinski definition) is 3. The van der Waals surface area contributed by atoms with Gasteiger partial charge in [0.25, 0.3) is 0 Å². The first-order chi connectivity index (χ1) is 13.2. The molecule has 0 saturated heterocycles. The summed E-state index contributed by atoms with van der Waals surface area (Å²) in [7, 11) is 0. The average Bonchev–Trinajstić information content (AvgIpc) is 3.37. The molecule has 4 heteroatoms. The van der Waals surface area contributed by atoms with Gasteiger partial charge >= 0.3 is 0 Å². The summed E-state index contributed by atoms with van der Waals surface area (Å²) in [6.45, 7) is 2.01. The maximum absolute atomic E-state index is 12.5. The van der Waals surface area contributed by atoms with Gasteiger partial charge < -0.3 is 0 Å². The lowest BCUT2D eigenvalue weighted by molar-refractivity contribution is 0.104. The molecule has 0 amide bonds. The van der Waals surface area contributed by atoms with Gasteiger partial charge in [0.15, 0.2) is 5.78 Å². The Kier molecular flexibility index (Phi) is 4.81. The molecule has 3 nitrogen and oxygen atoms in total. The van der Waals surface area contributed by atoms with Gasteiger partial charge in [-0.05, 0) is 42.7 Å². The molecule has 0 aliphatic rings. The maximum atomic E-state index is 12.5. The minimum absolute atomic E-state index is 0.0143. The standard InChI is InChI=1S/C23H18N2OS/c1-17-9-11-18(12-10-17)21(26)14-13-19-16-25(20-6-3-2-4-7-20)24-23(19)22-8-5-15-27-22/h2-16H,1H3. The third-order valence-corrected chi connectivity index (χ3v) is 5.14. The molecule has 2 heterocycles. The summed E-state index contributed by atoms with van der Waals surface area (Å²) in [5.74, 6) is -0.0143. The van der Waals surface area contributed by atoms with Crippen LogP contribution in [-0.4, -0.2) is 15.6 Å². The first-order valence-corrected chi connectivity index (χ1v) is 9.57. The number of benzene rings is 2. The lowest BCUT2D eigenvalue weighted by Gasteiger charge is -1.99. The zero-order valence-electron chi connectivity index (χ0n) is 14.9. The van der Waals surface area contributed by atoms with Crippen molar-refractivity contribution in [1.29, 1.82) is 0 Å². The van der Waals surface area contributed by atoms with Crippen molar-refractivity contribution in [2.24, 2.45) is 0 Å². The van der Waals surface area contributed by atoms with E-state index in [4.69, 9.17) is 5.10 Å². The van der Waals surface area contributed by atoms with Crippen LogP contribution in [0.4, 0.5) is 0 Å². The second-order valence-corrected chi connectivity index (χ2v) is 7.20. The molecule has 0 radical (unpaired) electrons. The Bertz CT molecular complexity index is 1080. The Labute approximate surface area is 162 Å². The van der Waals surface area contributed by atoms with Crippen molar-refractivity contribution in [3.63, 3.8) is 0 Å². The highest BCUT2D eigenvalue weighted by molar-refractivity contribution is 7.13. The fraction of sp³-hybridized carbons (Fsp3) is 0.0435. The second-order valence-electron chi connectivity index (χ2n) is 6.25. The van der Waals surface area contributed by atoms with Gasteiger partial charge in [0, 0.05) is 17.3 Å². The van der Waals surface area contributed by atoms with E-state index >= 15 is 0 Å². The molecule has 0 bridgehead atoms. The van der Waals surface area contributed by atoms with Crippen LogP contribution < -0.4 is 0 Å². The molecule has 0 fully saturated rings. The van der Waals surface area contributed by atoms with Crippen molar-refractivity contribution in [1.82, 2.24) is 9.78 Å². The largest absolute Gasteiger partial charge is 0.289 e. The monoisotopic (exact) mass is 370 g/mol. The number of nitrogens with zero attached hydrogens (tertiary/aromatic N) is 2. The molecule has 2 aromatic heterocycles. The summed E-state index contributed by atoms with van der Waals surface area (Å²) in [5.41, 5.74) is 4.60. The van der Waals surface area contributed by atoms with Crippen LogP contribution in [0.3, 0.4) is 0 Å². The average molecular weight is 370 g/mol. The van der Waals surface area contributed by atoms with Crippen LogP contribution >= 0.6 is 11.3 Å². The normalized spacial score (nSPS) is 11.1. The van der Waals surface area contributed by atoms with Crippen molar-refractivity contribution in [2.75, 3.05) is 0 Å². The number of para-hydroxylation sites is 1. The highest BCUT2D eigenvalue weighted by Crippen LogP contribution is 2.28. The molecule has 0 aliphatic carbocycles. The van der Waals surface area contributed by atoms with Gasteiger partial charge in [-0.3, -0.25) is 4.79 Å². The molecule has 4 rings (SSSR count). The van der Waals surface area contributed by atoms with E-state index in [1.165, 1.54) is 0 Å². The van der Waals surface area contributed by atoms with Gasteiger partial charge in [-0.15, -0.1) is 11.3 Å². The molecule has 2 aromatic carbocycles. The molecule has 0 aliphatic heterocycles. The minimum atomic E-state index is -0.0143. The number of aryl methyl sites for hydroxylation is 1. The Balaban J connectivity index is 1.69. The van der Waals surface area contributed by atoms with E-state index in [1.54, 1.807) is 17.4 Å². The third-order valence-electron chi connectivity index (χ3n) is 4.27. The maximum Gasteiger partial charge on any atom is 0.185 e. The molecular formula is C23H18N2OS. The highest BCUT2D eigenvalue weighted by Gasteiger charge is 2.12. The smallest absolute Gasteiger partial charge is 0.185 e. The van der Waals surface area contributed by atoms with Crippen LogP contribution in [0.2, 0.25) is 0 Å². The molecule has 0 N–H and O–H groups in total. The number of ketones is 1. The van der Waals surface area contributed by atoms with E-state index < -0.39 is 0 Å². The van der Waals surface area contributed by atoms with E-state index in [-0.39, 0.29) is 5.78 Å². The van der Waals surface area contributed by atoms with E-state index in [9.17, 15) is 4.79 Å². The van der Waals surface area contributed by atoms with E-state index in [0.29, 0.717) is 5.56 Å². The van der Waals surface area contributed by atoms with E-state index in [0.717, 1.165) is 27.4 Å². The molecule has 0 spiro atoms. The summed E-state index contributed by atoms with van der Waals surface area (Å²) in [4.78, 5) is 13.6. The van der Waals surface area contributed by atoms with Gasteiger partial charge in [0.1, 0.15) is 5.69 Å². The van der Waals surface area contributed by atoms with Gasteiger partial charge in [-0.25, -0.2) is 4.68 Å². The predicted molar refractivity (Wildman–Crippen MR) is 111 cm³/mol. The number of carbonyl (C=O) groups is 1. The molecule has 4 aromatic rings. The molecule has 27 heavy (non-hydrogen) atoms. The fourth-order valence-electron chi connectivity index (χ4n) is 2.81. The first-order valence-electron chi connectivity index (χ1n) is 8.69. The van der Waals surface area contributed by atoms with Crippen molar-refractivity contribution < 1.29 is 4.79 Å². The fourth-order valence-corrected chi connectivity index (χ4v) is 3.54. The number of thiophene rings is 1. The molecule has 0 atom stereocenters. The van der Waals surface area contributed by atoms with E-state index in [1.807, 2.05) is 96.0 Å². The zero-order chi connectivity index (χ0) is 18.6. The van der Waals surface area contributed by atoms with Crippen LogP contribution in [-0.2, 0) is 0 Å². The molecule has 132 valence electrons. The van der Waals surface area contributed by atoms with Crippen LogP contribution in [0.25, 0.3) is 22.3 Å². The quantitative estimate of drug-likeness (QED) is 0.328. The van der Waals surface area contributed by atoms with Crippen molar-refractivity contribution in [3.8, 4) is 16.3 Å². The van der Waals surface area contributed by atoms with Crippen molar-refractivity contribution >= 4 is 23.2 Å². The van der Waals surface area contributed by atoms with Crippen molar-refractivity contribution in [2.45, 2.75) is 6.92 Å². The zero-order valence-corrected chi connectivity index (χ0v) is 15.7. The number of rotatable bonds is 5. The summed E-state index contributed by atoms with van der Waals surface area (Å²) in [6, 6.07) is 21.6. The number of carbonyl (C=O) groups excluding carboxylic acids is 1. The summed E-state index contributed by atoms with van der Waals surface area (Å²) < 4.78 is 1.85. The molecular weight excluding hydrogens is 352 g/mol. The Hall–Kier alpha value is -3.24. The van der Waals surface area contributed by atoms with E-state index in [2.05, 4.69) is 0 Å². The van der Waals surface area contributed by atoms with Gasteiger partial charge in [-0.1, -0.05) is 54.1 Å². The highest BCUT2D eigenvalue weighted by atomic mass is 32.1. The Morgan fingerprint density at radius 2 is 1.78 bits per heavy atom. The summed E-state index contributed by atoms with van der Waals surface area (Å²) >= 11 is 1.64. The topological polar surface area (TPSA) is 34.9 Å². The van der Waals surface area contributed by atoms with Crippen LogP contribution in [0, 0.1) is 6.92 Å². The van der Waals surface area contributed by atoms with Gasteiger partial charge in [0.2, 0.25) is 0 Å². The lowest BCUT2D eigenvalue weighted by atomic mass is 10.1. The van der Waals surface area contributed by atoms with Crippen LogP contribution in [0.1, 0.15) is 21.5 Å². The Morgan fingerprint density at radius 1 is 1.00 bits per heavy atom. The number of hydrogen-bond donors (Lipinski definition) is 0. The minimum Gasteiger partial charge on any atom is -0.289 e. The Morgan fingerprint density at radius 3 is 2.48 bits per heavy atom. The van der Waals surface area contributed by atoms with Gasteiger partial charge in [-0.2, -0.15) is 5.10 Å². The molecule has 0 saturated carbocycles. The van der Waals surface area contributed by atoms with Crippen molar-refractivity contribution in [3.05, 3.63) is 101 Å². The van der Waals surface area contributed by atoms with Crippen LogP contribution in [0.15, 0.2) is 84.4 Å². The van der Waals surface area contributed by atoms with Gasteiger partial charge in [0.05, 0.1) is 10.6 Å². The number of allylic oxidation sites excluding steroid dienone is 1. The second kappa shape index (κ2) is 7.56. The lowest BCUT2D eigenvalue weighted by Crippen LogP contribution is -1.93. The number of aromatic nitrogens is 2. The summed E-state index contributed by atoms with van der Waals surface area (Å²) in [5, 5.41) is 6.78. The third kappa shape index (κ3) is 3.81.